The van der Waals surface area contributed by atoms with Crippen LogP contribution in [0.3, 0.4) is 0 Å². The molecule has 26 heavy (non-hydrogen) atoms. The van der Waals surface area contributed by atoms with E-state index in [1.54, 1.807) is 31.4 Å². The molecule has 1 N–H and O–H groups in total. The van der Waals surface area contributed by atoms with Gasteiger partial charge in [0.2, 0.25) is 10.6 Å². The number of hydrogen-bond donors (Lipinski definition) is 1. The molecule has 0 aliphatic carbocycles. The highest BCUT2D eigenvalue weighted by atomic mass is 32.1. The lowest BCUT2D eigenvalue weighted by atomic mass is 10.2. The van der Waals surface area contributed by atoms with Crippen LogP contribution in [0.5, 0.6) is 5.75 Å². The summed E-state index contributed by atoms with van der Waals surface area (Å²) in [6.07, 6.45) is 1.50. The van der Waals surface area contributed by atoms with Gasteiger partial charge in [-0.25, -0.2) is 4.68 Å². The van der Waals surface area contributed by atoms with E-state index in [4.69, 9.17) is 4.74 Å². The van der Waals surface area contributed by atoms with Crippen LogP contribution >= 0.6 is 11.3 Å². The Bertz CT molecular complexity index is 979. The summed E-state index contributed by atoms with van der Waals surface area (Å²) >= 11 is 1.27. The third-order valence-electron chi connectivity index (χ3n) is 3.52. The summed E-state index contributed by atoms with van der Waals surface area (Å²) in [6, 6.07) is 8.38. The summed E-state index contributed by atoms with van der Waals surface area (Å²) in [7, 11) is 1.58. The number of nitrogens with zero attached hydrogens (tertiary/aromatic N) is 4. The molecule has 0 fully saturated rings. The molecule has 3 rings (SSSR count). The van der Waals surface area contributed by atoms with Crippen molar-refractivity contribution in [2.75, 3.05) is 12.4 Å². The number of carbonyl (C=O) groups excluding carboxylic acids is 1. The van der Waals surface area contributed by atoms with E-state index >= 15 is 0 Å². The second kappa shape index (κ2) is 7.44. The largest absolute Gasteiger partial charge is 0.497 e. The minimum atomic E-state index is -0.621. The van der Waals surface area contributed by atoms with Gasteiger partial charge in [0.25, 0.3) is 5.91 Å². The third kappa shape index (κ3) is 3.77. The number of anilines is 1. The van der Waals surface area contributed by atoms with Crippen LogP contribution in [0.15, 0.2) is 41.3 Å². The van der Waals surface area contributed by atoms with E-state index < -0.39 is 11.3 Å². The topological polar surface area (TPSA) is 99.0 Å². The van der Waals surface area contributed by atoms with Crippen LogP contribution in [-0.2, 0) is 0 Å². The quantitative estimate of drug-likeness (QED) is 0.740. The molecule has 0 bridgehead atoms. The average molecular weight is 371 g/mol. The lowest BCUT2D eigenvalue weighted by Gasteiger charge is -2.08. The Labute approximate surface area is 153 Å². The first-order chi connectivity index (χ1) is 12.5. The fraction of sp³-hybridized carbons (Fsp3) is 0.235. The molecule has 0 aliphatic rings. The van der Waals surface area contributed by atoms with Crippen molar-refractivity contribution in [2.45, 2.75) is 19.8 Å². The summed E-state index contributed by atoms with van der Waals surface area (Å²) in [5.41, 5.74) is 0.00309. The number of nitrogens with one attached hydrogen (secondary N) is 1. The molecule has 1 aromatic carbocycles. The maximum Gasteiger partial charge on any atom is 0.282 e. The van der Waals surface area contributed by atoms with Crippen LogP contribution in [-0.4, -0.2) is 33.0 Å². The summed E-state index contributed by atoms with van der Waals surface area (Å²) in [6.45, 7) is 3.97. The summed E-state index contributed by atoms with van der Waals surface area (Å²) < 4.78 is 6.57. The standard InChI is InChI=1S/C17H17N5O3S/c1-10(2)16-19-20-17(26-16)18-15(24)14-13(23)8-9-22(21-14)11-4-6-12(25-3)7-5-11/h4-10H,1-3H3,(H,18,20,24). The van der Waals surface area contributed by atoms with Crippen LogP contribution in [0.25, 0.3) is 5.69 Å². The van der Waals surface area contributed by atoms with Crippen molar-refractivity contribution >= 4 is 22.4 Å². The normalized spacial score (nSPS) is 10.8. The van der Waals surface area contributed by atoms with E-state index in [9.17, 15) is 9.59 Å². The smallest absolute Gasteiger partial charge is 0.282 e. The predicted molar refractivity (Wildman–Crippen MR) is 98.3 cm³/mol. The maximum absolute atomic E-state index is 12.4. The minimum Gasteiger partial charge on any atom is -0.497 e. The number of amides is 1. The molecule has 0 unspecified atom stereocenters. The van der Waals surface area contributed by atoms with Crippen LogP contribution < -0.4 is 15.5 Å². The van der Waals surface area contributed by atoms with E-state index in [0.717, 1.165) is 5.01 Å². The van der Waals surface area contributed by atoms with E-state index in [0.29, 0.717) is 16.6 Å². The average Bonchev–Trinajstić information content (AvgIpc) is 3.11. The number of methoxy groups -OCH3 is 1. The highest BCUT2D eigenvalue weighted by Crippen LogP contribution is 2.22. The molecule has 2 aromatic heterocycles. The second-order valence-electron chi connectivity index (χ2n) is 5.73. The summed E-state index contributed by atoms with van der Waals surface area (Å²) in [5.74, 6) is 0.287. The van der Waals surface area contributed by atoms with E-state index in [1.807, 2.05) is 13.8 Å². The van der Waals surface area contributed by atoms with Gasteiger partial charge in [0.1, 0.15) is 10.8 Å². The zero-order valence-corrected chi connectivity index (χ0v) is 15.3. The first kappa shape index (κ1) is 17.7. The lowest BCUT2D eigenvalue weighted by molar-refractivity contribution is 0.101. The third-order valence-corrected chi connectivity index (χ3v) is 4.65. The van der Waals surface area contributed by atoms with E-state index in [-0.39, 0.29) is 11.6 Å². The fourth-order valence-corrected chi connectivity index (χ4v) is 2.86. The zero-order valence-electron chi connectivity index (χ0n) is 14.5. The Morgan fingerprint density at radius 1 is 1.19 bits per heavy atom. The summed E-state index contributed by atoms with van der Waals surface area (Å²) in [5, 5.41) is 15.8. The van der Waals surface area contributed by atoms with Crippen molar-refractivity contribution in [3.05, 3.63) is 57.5 Å². The zero-order chi connectivity index (χ0) is 18.7. The monoisotopic (exact) mass is 371 g/mol. The Balaban J connectivity index is 1.86. The van der Waals surface area contributed by atoms with Crippen LogP contribution in [0.4, 0.5) is 5.13 Å². The van der Waals surface area contributed by atoms with Crippen molar-refractivity contribution in [2.24, 2.45) is 0 Å². The van der Waals surface area contributed by atoms with E-state index in [1.165, 1.54) is 28.3 Å². The highest BCUT2D eigenvalue weighted by Gasteiger charge is 2.16. The molecule has 3 aromatic rings. The molecular formula is C17H17N5O3S. The molecule has 134 valence electrons. The van der Waals surface area contributed by atoms with Crippen LogP contribution in [0.2, 0.25) is 0 Å². The number of carbonyl (C=O) groups is 1. The number of rotatable bonds is 5. The molecule has 0 atom stereocenters. The van der Waals surface area contributed by atoms with Crippen molar-refractivity contribution in [1.29, 1.82) is 0 Å². The SMILES string of the molecule is COc1ccc(-n2ccc(=O)c(C(=O)Nc3nnc(C(C)C)s3)n2)cc1. The van der Waals surface area contributed by atoms with E-state index in [2.05, 4.69) is 20.6 Å². The van der Waals surface area contributed by atoms with Gasteiger partial charge in [0.05, 0.1) is 12.8 Å². The Morgan fingerprint density at radius 2 is 1.92 bits per heavy atom. The van der Waals surface area contributed by atoms with Crippen LogP contribution in [0, 0.1) is 0 Å². The summed E-state index contributed by atoms with van der Waals surface area (Å²) in [4.78, 5) is 24.5. The molecular weight excluding hydrogens is 354 g/mol. The van der Waals surface area contributed by atoms with Gasteiger partial charge in [0, 0.05) is 18.2 Å². The van der Waals surface area contributed by atoms with Crippen molar-refractivity contribution in [1.82, 2.24) is 20.0 Å². The number of aromatic nitrogens is 4. The van der Waals surface area contributed by atoms with Gasteiger partial charge in [-0.1, -0.05) is 25.2 Å². The molecule has 0 saturated carbocycles. The molecule has 0 saturated heterocycles. The molecule has 8 nitrogen and oxygen atoms in total. The van der Waals surface area contributed by atoms with Gasteiger partial charge >= 0.3 is 0 Å². The Morgan fingerprint density at radius 3 is 2.54 bits per heavy atom. The van der Waals surface area contributed by atoms with Gasteiger partial charge < -0.3 is 4.74 Å². The fourth-order valence-electron chi connectivity index (χ4n) is 2.12. The highest BCUT2D eigenvalue weighted by molar-refractivity contribution is 7.15. The second-order valence-corrected chi connectivity index (χ2v) is 6.73. The van der Waals surface area contributed by atoms with Crippen LogP contribution in [0.1, 0.15) is 35.3 Å². The first-order valence-electron chi connectivity index (χ1n) is 7.87. The maximum atomic E-state index is 12.4. The molecule has 2 heterocycles. The number of hydrogen-bond acceptors (Lipinski definition) is 7. The molecule has 9 heteroatoms. The van der Waals surface area contributed by atoms with Gasteiger partial charge in [0.15, 0.2) is 5.69 Å². The van der Waals surface area contributed by atoms with Gasteiger partial charge in [-0.15, -0.1) is 10.2 Å². The number of benzene rings is 1. The van der Waals surface area contributed by atoms with Gasteiger partial charge in [-0.05, 0) is 24.3 Å². The molecule has 0 spiro atoms. The molecule has 0 aliphatic heterocycles. The number of ether oxygens (including phenoxy) is 1. The van der Waals surface area contributed by atoms with Crippen molar-refractivity contribution in [3.8, 4) is 11.4 Å². The molecule has 1 amide bonds. The lowest BCUT2D eigenvalue weighted by Crippen LogP contribution is -2.25. The first-order valence-corrected chi connectivity index (χ1v) is 8.68. The van der Waals surface area contributed by atoms with Gasteiger partial charge in [-0.3, -0.25) is 14.9 Å². The van der Waals surface area contributed by atoms with Crippen molar-refractivity contribution in [3.63, 3.8) is 0 Å². The minimum absolute atomic E-state index is 0.209. The van der Waals surface area contributed by atoms with Crippen molar-refractivity contribution < 1.29 is 9.53 Å². The molecule has 0 radical (unpaired) electrons. The van der Waals surface area contributed by atoms with Gasteiger partial charge in [-0.2, -0.15) is 5.10 Å². The predicted octanol–water partition coefficient (Wildman–Crippen LogP) is 2.47. The Kier molecular flexibility index (Phi) is 5.08. The Hall–Kier alpha value is -3.07.